The zero-order valence-corrected chi connectivity index (χ0v) is 12.3. The zero-order valence-electron chi connectivity index (χ0n) is 12.3. The SMILES string of the molecule is COc1ccc(OCCn2ccnc2C)c(C#CCN)c1. The van der Waals surface area contributed by atoms with Gasteiger partial charge < -0.3 is 19.8 Å². The summed E-state index contributed by atoms with van der Waals surface area (Å²) < 4.78 is 13.1. The molecule has 0 saturated carbocycles. The Labute approximate surface area is 124 Å². The number of nitrogens with two attached hydrogens (primary N) is 1. The van der Waals surface area contributed by atoms with Crippen molar-refractivity contribution in [2.45, 2.75) is 13.5 Å². The van der Waals surface area contributed by atoms with E-state index < -0.39 is 0 Å². The molecule has 1 aromatic heterocycles. The van der Waals surface area contributed by atoms with Crippen molar-refractivity contribution in [2.24, 2.45) is 5.73 Å². The van der Waals surface area contributed by atoms with E-state index >= 15 is 0 Å². The van der Waals surface area contributed by atoms with E-state index in [1.165, 1.54) is 0 Å². The number of rotatable bonds is 5. The molecule has 0 aliphatic rings. The van der Waals surface area contributed by atoms with Gasteiger partial charge >= 0.3 is 0 Å². The molecule has 0 unspecified atom stereocenters. The molecule has 21 heavy (non-hydrogen) atoms. The van der Waals surface area contributed by atoms with E-state index in [1.807, 2.05) is 35.9 Å². The molecule has 0 spiro atoms. The van der Waals surface area contributed by atoms with Crippen LogP contribution >= 0.6 is 0 Å². The molecule has 0 bridgehead atoms. The Bertz CT molecular complexity index is 653. The molecule has 0 amide bonds. The number of methoxy groups -OCH3 is 1. The minimum Gasteiger partial charge on any atom is -0.497 e. The highest BCUT2D eigenvalue weighted by Gasteiger charge is 2.04. The zero-order chi connectivity index (χ0) is 15.1. The van der Waals surface area contributed by atoms with Crippen LogP contribution in [0.4, 0.5) is 0 Å². The van der Waals surface area contributed by atoms with Crippen LogP contribution in [-0.4, -0.2) is 29.8 Å². The van der Waals surface area contributed by atoms with Crippen molar-refractivity contribution in [3.63, 3.8) is 0 Å². The summed E-state index contributed by atoms with van der Waals surface area (Å²) in [7, 11) is 1.62. The van der Waals surface area contributed by atoms with Crippen LogP contribution in [0.3, 0.4) is 0 Å². The van der Waals surface area contributed by atoms with Crippen molar-refractivity contribution in [1.29, 1.82) is 0 Å². The number of aryl methyl sites for hydroxylation is 1. The van der Waals surface area contributed by atoms with Crippen LogP contribution in [0.2, 0.25) is 0 Å². The number of benzene rings is 1. The van der Waals surface area contributed by atoms with E-state index in [4.69, 9.17) is 15.2 Å². The molecule has 0 saturated heterocycles. The standard InChI is InChI=1S/C16H19N3O2/c1-13-18-8-9-19(13)10-11-21-16-6-5-15(20-2)12-14(16)4-3-7-17/h5-6,8-9,12H,7,10-11,17H2,1-2H3. The topological polar surface area (TPSA) is 62.3 Å². The van der Waals surface area contributed by atoms with Crippen molar-refractivity contribution in [3.05, 3.63) is 42.0 Å². The first-order chi connectivity index (χ1) is 10.2. The fraction of sp³-hybridized carbons (Fsp3) is 0.312. The lowest BCUT2D eigenvalue weighted by molar-refractivity contribution is 0.295. The minimum absolute atomic E-state index is 0.310. The van der Waals surface area contributed by atoms with E-state index in [1.54, 1.807) is 13.3 Å². The number of imidazole rings is 1. The molecule has 0 aliphatic carbocycles. The van der Waals surface area contributed by atoms with E-state index in [0.29, 0.717) is 13.2 Å². The molecular formula is C16H19N3O2. The first kappa shape index (κ1) is 14.9. The van der Waals surface area contributed by atoms with Gasteiger partial charge in [0.2, 0.25) is 0 Å². The first-order valence-electron chi connectivity index (χ1n) is 6.72. The lowest BCUT2D eigenvalue weighted by Crippen LogP contribution is -2.09. The highest BCUT2D eigenvalue weighted by Crippen LogP contribution is 2.23. The number of nitrogens with zero attached hydrogens (tertiary/aromatic N) is 2. The Kier molecular flexibility index (Phi) is 5.24. The van der Waals surface area contributed by atoms with Crippen LogP contribution in [0.5, 0.6) is 11.5 Å². The molecule has 1 heterocycles. The Balaban J connectivity index is 2.06. The monoisotopic (exact) mass is 285 g/mol. The Morgan fingerprint density at radius 1 is 1.38 bits per heavy atom. The van der Waals surface area contributed by atoms with E-state index in [0.717, 1.165) is 29.4 Å². The third-order valence-corrected chi connectivity index (χ3v) is 3.03. The molecule has 5 nitrogen and oxygen atoms in total. The predicted molar refractivity (Wildman–Crippen MR) is 81.4 cm³/mol. The highest BCUT2D eigenvalue weighted by atomic mass is 16.5. The molecule has 0 fully saturated rings. The van der Waals surface area contributed by atoms with Crippen molar-refractivity contribution in [1.82, 2.24) is 9.55 Å². The normalized spacial score (nSPS) is 9.86. The Hall–Kier alpha value is -2.45. The average Bonchev–Trinajstić information content (AvgIpc) is 2.91. The van der Waals surface area contributed by atoms with E-state index in [-0.39, 0.29) is 0 Å². The fourth-order valence-electron chi connectivity index (χ4n) is 1.90. The molecule has 0 atom stereocenters. The van der Waals surface area contributed by atoms with Gasteiger partial charge in [0, 0.05) is 12.4 Å². The van der Waals surface area contributed by atoms with Crippen LogP contribution in [0.25, 0.3) is 0 Å². The van der Waals surface area contributed by atoms with Gasteiger partial charge in [-0.15, -0.1) is 0 Å². The van der Waals surface area contributed by atoms with Crippen LogP contribution in [0, 0.1) is 18.8 Å². The second-order valence-corrected chi connectivity index (χ2v) is 4.38. The number of hydrogen-bond acceptors (Lipinski definition) is 4. The minimum atomic E-state index is 0.310. The summed E-state index contributed by atoms with van der Waals surface area (Å²) in [5.41, 5.74) is 6.20. The quantitative estimate of drug-likeness (QED) is 0.847. The van der Waals surface area contributed by atoms with E-state index in [9.17, 15) is 0 Å². The third-order valence-electron chi connectivity index (χ3n) is 3.03. The summed E-state index contributed by atoms with van der Waals surface area (Å²) in [6.07, 6.45) is 3.71. The van der Waals surface area contributed by atoms with Gasteiger partial charge in [0.15, 0.2) is 0 Å². The lowest BCUT2D eigenvalue weighted by atomic mass is 10.2. The molecule has 2 aromatic rings. The van der Waals surface area contributed by atoms with Crippen LogP contribution in [-0.2, 0) is 6.54 Å². The van der Waals surface area contributed by atoms with Gasteiger partial charge in [-0.3, -0.25) is 0 Å². The van der Waals surface area contributed by atoms with Crippen molar-refractivity contribution in [2.75, 3.05) is 20.3 Å². The Morgan fingerprint density at radius 3 is 2.90 bits per heavy atom. The van der Waals surface area contributed by atoms with Gasteiger partial charge in [0.05, 0.1) is 25.8 Å². The predicted octanol–water partition coefficient (Wildman–Crippen LogP) is 1.59. The molecule has 1 aromatic carbocycles. The second kappa shape index (κ2) is 7.36. The maximum Gasteiger partial charge on any atom is 0.135 e. The lowest BCUT2D eigenvalue weighted by Gasteiger charge is -2.11. The summed E-state index contributed by atoms with van der Waals surface area (Å²) in [5.74, 6) is 8.28. The van der Waals surface area contributed by atoms with Gasteiger partial charge in [-0.1, -0.05) is 11.8 Å². The highest BCUT2D eigenvalue weighted by molar-refractivity contribution is 5.50. The van der Waals surface area contributed by atoms with Crippen molar-refractivity contribution in [3.8, 4) is 23.3 Å². The van der Waals surface area contributed by atoms with Gasteiger partial charge in [0.1, 0.15) is 23.9 Å². The molecule has 2 N–H and O–H groups in total. The number of ether oxygens (including phenoxy) is 2. The number of hydrogen-bond donors (Lipinski definition) is 1. The third kappa shape index (κ3) is 4.01. The maximum absolute atomic E-state index is 5.81. The first-order valence-corrected chi connectivity index (χ1v) is 6.72. The molecule has 110 valence electrons. The molecule has 5 heteroatoms. The van der Waals surface area contributed by atoms with Crippen LogP contribution in [0.15, 0.2) is 30.6 Å². The molecule has 0 aliphatic heterocycles. The largest absolute Gasteiger partial charge is 0.497 e. The van der Waals surface area contributed by atoms with Gasteiger partial charge in [-0.25, -0.2) is 4.98 Å². The molecule has 2 rings (SSSR count). The summed E-state index contributed by atoms with van der Waals surface area (Å²) in [5, 5.41) is 0. The van der Waals surface area contributed by atoms with Gasteiger partial charge in [-0.2, -0.15) is 0 Å². The average molecular weight is 285 g/mol. The molecule has 0 radical (unpaired) electrons. The summed E-state index contributed by atoms with van der Waals surface area (Å²) in [6.45, 7) is 3.55. The van der Waals surface area contributed by atoms with Gasteiger partial charge in [-0.05, 0) is 25.1 Å². The second-order valence-electron chi connectivity index (χ2n) is 4.38. The van der Waals surface area contributed by atoms with Crippen molar-refractivity contribution >= 4 is 0 Å². The maximum atomic E-state index is 5.81. The molecular weight excluding hydrogens is 266 g/mol. The summed E-state index contributed by atoms with van der Waals surface area (Å²) >= 11 is 0. The number of aromatic nitrogens is 2. The summed E-state index contributed by atoms with van der Waals surface area (Å²) in [4.78, 5) is 4.18. The Morgan fingerprint density at radius 2 is 2.24 bits per heavy atom. The van der Waals surface area contributed by atoms with Crippen molar-refractivity contribution < 1.29 is 9.47 Å². The van der Waals surface area contributed by atoms with E-state index in [2.05, 4.69) is 16.8 Å². The smallest absolute Gasteiger partial charge is 0.135 e. The fourth-order valence-corrected chi connectivity index (χ4v) is 1.90. The van der Waals surface area contributed by atoms with Crippen LogP contribution in [0.1, 0.15) is 11.4 Å². The van der Waals surface area contributed by atoms with Crippen LogP contribution < -0.4 is 15.2 Å². The van der Waals surface area contributed by atoms with Gasteiger partial charge in [0.25, 0.3) is 0 Å². The summed E-state index contributed by atoms with van der Waals surface area (Å²) in [6, 6.07) is 5.56.